The van der Waals surface area contributed by atoms with Crippen LogP contribution in [-0.4, -0.2) is 57.1 Å². The van der Waals surface area contributed by atoms with Crippen molar-refractivity contribution < 1.29 is 37.7 Å². The van der Waals surface area contributed by atoms with Gasteiger partial charge in [0.2, 0.25) is 6.10 Å². The number of halogens is 1. The number of nitrogens with zero attached hydrogens (tertiary/aromatic N) is 3. The molecule has 0 amide bonds. The first-order chi connectivity index (χ1) is 16.4. The van der Waals surface area contributed by atoms with E-state index >= 15 is 4.39 Å². The summed E-state index contributed by atoms with van der Waals surface area (Å²) in [6.07, 6.45) is -1.74. The predicted molar refractivity (Wildman–Crippen MR) is 121 cm³/mol. The van der Waals surface area contributed by atoms with Crippen LogP contribution in [0.25, 0.3) is 11.0 Å². The van der Waals surface area contributed by atoms with Crippen LogP contribution in [0.15, 0.2) is 18.6 Å². The summed E-state index contributed by atoms with van der Waals surface area (Å²) in [5.74, 6) is -6.43. The molecule has 2 N–H and O–H groups in total. The molecule has 35 heavy (non-hydrogen) atoms. The molecule has 2 aromatic heterocycles. The maximum atomic E-state index is 16.4. The van der Waals surface area contributed by atoms with E-state index in [0.717, 1.165) is 0 Å². The number of fused-ring (bicyclic) bond motifs is 1. The van der Waals surface area contributed by atoms with E-state index in [1.165, 1.54) is 17.1 Å². The Kier molecular flexibility index (Phi) is 7.63. The highest BCUT2D eigenvalue weighted by atomic mass is 19.2. The number of esters is 3. The van der Waals surface area contributed by atoms with Crippen LogP contribution in [-0.2, 0) is 33.3 Å². The average Bonchev–Trinajstić information content (AvgIpc) is 3.33. The lowest BCUT2D eigenvalue weighted by atomic mass is 10.1. The third kappa shape index (κ3) is 5.37. The van der Waals surface area contributed by atoms with Crippen molar-refractivity contribution in [3.63, 3.8) is 0 Å². The Bertz CT molecular complexity index is 1100. The molecule has 0 saturated carbocycles. The van der Waals surface area contributed by atoms with Gasteiger partial charge in [-0.05, 0) is 6.07 Å². The van der Waals surface area contributed by atoms with Crippen LogP contribution in [0.4, 0.5) is 10.2 Å². The molecule has 2 aromatic rings. The van der Waals surface area contributed by atoms with Crippen molar-refractivity contribution in [3.05, 3.63) is 18.6 Å². The summed E-state index contributed by atoms with van der Waals surface area (Å²) in [7, 11) is 0. The number of carbonyl (C=O) groups excluding carboxylic acids is 3. The van der Waals surface area contributed by atoms with E-state index in [0.29, 0.717) is 5.39 Å². The Labute approximate surface area is 202 Å². The molecule has 1 saturated heterocycles. The molecular weight excluding hydrogens is 463 g/mol. The lowest BCUT2D eigenvalue weighted by Crippen LogP contribution is -2.48. The summed E-state index contributed by atoms with van der Waals surface area (Å²) in [4.78, 5) is 45.3. The van der Waals surface area contributed by atoms with Gasteiger partial charge in [0.25, 0.3) is 5.85 Å². The molecule has 11 nitrogen and oxygen atoms in total. The molecule has 1 aliphatic heterocycles. The van der Waals surface area contributed by atoms with Crippen molar-refractivity contribution in [1.82, 2.24) is 14.5 Å². The molecular formula is C23H31FN4O7. The number of aromatic nitrogens is 3. The molecule has 1 fully saturated rings. The van der Waals surface area contributed by atoms with Gasteiger partial charge in [-0.25, -0.2) is 14.4 Å². The van der Waals surface area contributed by atoms with Gasteiger partial charge in [-0.1, -0.05) is 41.5 Å². The fourth-order valence-electron chi connectivity index (χ4n) is 3.40. The van der Waals surface area contributed by atoms with Gasteiger partial charge in [0, 0.05) is 6.20 Å². The molecule has 192 valence electrons. The molecule has 0 bridgehead atoms. The summed E-state index contributed by atoms with van der Waals surface area (Å²) < 4.78 is 39.7. The first-order valence-electron chi connectivity index (χ1n) is 11.4. The van der Waals surface area contributed by atoms with Gasteiger partial charge in [0.05, 0.1) is 23.1 Å². The Morgan fingerprint density at radius 2 is 1.66 bits per heavy atom. The van der Waals surface area contributed by atoms with Crippen molar-refractivity contribution in [2.75, 3.05) is 12.3 Å². The minimum absolute atomic E-state index is 0.183. The smallest absolute Gasteiger partial charge is 0.308 e. The number of hydrogen-bond acceptors (Lipinski definition) is 10. The van der Waals surface area contributed by atoms with Gasteiger partial charge in [0.15, 0.2) is 18.9 Å². The zero-order chi connectivity index (χ0) is 26.1. The topological polar surface area (TPSA) is 145 Å². The zero-order valence-corrected chi connectivity index (χ0v) is 20.6. The SMILES string of the molecule is CC(C)C(=O)OC[C@@]1(F)O[C@@H](n2ccc3c(N)ncnc32)[C@H](OC(=O)C(C)C)[C@@H]1OC(=O)C(C)C. The maximum Gasteiger partial charge on any atom is 0.308 e. The number of nitrogens with two attached hydrogens (primary N) is 1. The number of nitrogen functional groups attached to an aromatic ring is 1. The highest BCUT2D eigenvalue weighted by Crippen LogP contribution is 2.44. The van der Waals surface area contributed by atoms with E-state index in [-0.39, 0.29) is 11.5 Å². The van der Waals surface area contributed by atoms with E-state index in [9.17, 15) is 14.4 Å². The first kappa shape index (κ1) is 26.3. The molecule has 1 aliphatic rings. The van der Waals surface area contributed by atoms with Crippen LogP contribution in [0.5, 0.6) is 0 Å². The number of hydrogen-bond donors (Lipinski definition) is 1. The Morgan fingerprint density at radius 1 is 1.06 bits per heavy atom. The van der Waals surface area contributed by atoms with Crippen LogP contribution in [0.2, 0.25) is 0 Å². The second kappa shape index (κ2) is 10.1. The molecule has 0 radical (unpaired) electrons. The number of carbonyl (C=O) groups is 3. The molecule has 4 atom stereocenters. The number of anilines is 1. The van der Waals surface area contributed by atoms with E-state index in [2.05, 4.69) is 9.97 Å². The van der Waals surface area contributed by atoms with Crippen LogP contribution in [0, 0.1) is 17.8 Å². The van der Waals surface area contributed by atoms with E-state index in [4.69, 9.17) is 24.7 Å². The van der Waals surface area contributed by atoms with Gasteiger partial charge >= 0.3 is 17.9 Å². The second-order valence-corrected chi connectivity index (χ2v) is 9.34. The fraction of sp³-hybridized carbons (Fsp3) is 0.609. The van der Waals surface area contributed by atoms with Gasteiger partial charge in [0.1, 0.15) is 17.8 Å². The summed E-state index contributed by atoms with van der Waals surface area (Å²) in [5.41, 5.74) is 6.20. The van der Waals surface area contributed by atoms with Gasteiger partial charge < -0.3 is 29.2 Å². The predicted octanol–water partition coefficient (Wildman–Crippen LogP) is 2.54. The van der Waals surface area contributed by atoms with Crippen molar-refractivity contribution in [3.8, 4) is 0 Å². The Hall–Kier alpha value is -3.28. The lowest BCUT2D eigenvalue weighted by Gasteiger charge is -2.28. The highest BCUT2D eigenvalue weighted by Gasteiger charge is 2.62. The third-order valence-corrected chi connectivity index (χ3v) is 5.46. The quantitative estimate of drug-likeness (QED) is 0.429. The summed E-state index contributed by atoms with van der Waals surface area (Å²) >= 11 is 0. The number of rotatable bonds is 8. The Balaban J connectivity index is 2.09. The third-order valence-electron chi connectivity index (χ3n) is 5.46. The van der Waals surface area contributed by atoms with E-state index < -0.39 is 66.6 Å². The second-order valence-electron chi connectivity index (χ2n) is 9.34. The van der Waals surface area contributed by atoms with Crippen molar-refractivity contribution in [2.24, 2.45) is 17.8 Å². The number of ether oxygens (including phenoxy) is 4. The molecule has 0 spiro atoms. The van der Waals surface area contributed by atoms with Crippen LogP contribution < -0.4 is 5.73 Å². The van der Waals surface area contributed by atoms with Crippen LogP contribution >= 0.6 is 0 Å². The molecule has 0 unspecified atom stereocenters. The lowest BCUT2D eigenvalue weighted by molar-refractivity contribution is -0.225. The normalized spacial score (nSPS) is 24.3. The largest absolute Gasteiger partial charge is 0.459 e. The summed E-state index contributed by atoms with van der Waals surface area (Å²) in [6.45, 7) is 8.65. The summed E-state index contributed by atoms with van der Waals surface area (Å²) in [5, 5.41) is 0.461. The molecule has 0 aliphatic carbocycles. The van der Waals surface area contributed by atoms with Gasteiger partial charge in [-0.15, -0.1) is 0 Å². The zero-order valence-electron chi connectivity index (χ0n) is 20.6. The average molecular weight is 495 g/mol. The molecule has 0 aromatic carbocycles. The van der Waals surface area contributed by atoms with Gasteiger partial charge in [-0.2, -0.15) is 0 Å². The van der Waals surface area contributed by atoms with Crippen LogP contribution in [0.3, 0.4) is 0 Å². The standard InChI is InChI=1S/C23H31FN4O7/c1-11(2)20(29)32-9-23(24)16(34-22(31)13(5)6)15(33-21(30)12(3)4)19(35-23)28-8-7-14-17(25)26-10-27-18(14)28/h7-8,10-13,15-16,19H,9H2,1-6H3,(H2,25,26,27)/t15-,16+,19-,23-/m1/s1. The van der Waals surface area contributed by atoms with Crippen LogP contribution in [0.1, 0.15) is 47.8 Å². The van der Waals surface area contributed by atoms with Crippen molar-refractivity contribution in [1.29, 1.82) is 0 Å². The minimum Gasteiger partial charge on any atom is -0.459 e. The van der Waals surface area contributed by atoms with Crippen molar-refractivity contribution in [2.45, 2.75) is 65.8 Å². The summed E-state index contributed by atoms with van der Waals surface area (Å²) in [6, 6.07) is 1.60. The van der Waals surface area contributed by atoms with E-state index in [1.807, 2.05) is 0 Å². The first-order valence-corrected chi connectivity index (χ1v) is 11.4. The minimum atomic E-state index is -2.82. The van der Waals surface area contributed by atoms with Gasteiger partial charge in [-0.3, -0.25) is 14.4 Å². The highest BCUT2D eigenvalue weighted by molar-refractivity contribution is 5.86. The Morgan fingerprint density at radius 3 is 2.26 bits per heavy atom. The van der Waals surface area contributed by atoms with E-state index in [1.54, 1.807) is 47.6 Å². The molecule has 3 rings (SSSR count). The monoisotopic (exact) mass is 494 g/mol. The number of alkyl halides is 1. The maximum absolute atomic E-state index is 16.4. The fourth-order valence-corrected chi connectivity index (χ4v) is 3.40. The van der Waals surface area contributed by atoms with Crippen molar-refractivity contribution >= 4 is 34.8 Å². The molecule has 3 heterocycles. The molecule has 12 heteroatoms.